The molecule has 2 fully saturated rings. The van der Waals surface area contributed by atoms with E-state index in [2.05, 4.69) is 23.4 Å². The molecule has 122 valence electrons. The molecule has 0 unspecified atom stereocenters. The number of carbonyl (C=O) groups is 1. The normalized spacial score (nSPS) is 29.5. The van der Waals surface area contributed by atoms with Gasteiger partial charge in [0.15, 0.2) is 0 Å². The van der Waals surface area contributed by atoms with Crippen molar-refractivity contribution >= 4 is 5.91 Å². The van der Waals surface area contributed by atoms with Crippen molar-refractivity contribution in [3.63, 3.8) is 0 Å². The van der Waals surface area contributed by atoms with Crippen molar-refractivity contribution in [2.75, 3.05) is 6.54 Å². The van der Waals surface area contributed by atoms with Gasteiger partial charge in [-0.1, -0.05) is 0 Å². The zero-order valence-electron chi connectivity index (χ0n) is 13.4. The summed E-state index contributed by atoms with van der Waals surface area (Å²) in [6.07, 6.45) is 2.77. The van der Waals surface area contributed by atoms with Crippen molar-refractivity contribution in [3.05, 3.63) is 17.5 Å². The lowest BCUT2D eigenvalue weighted by Gasteiger charge is -2.19. The van der Waals surface area contributed by atoms with E-state index in [-0.39, 0.29) is 23.3 Å². The molecule has 0 saturated heterocycles. The number of aliphatic hydroxyl groups is 1. The minimum atomic E-state index is -0.541. The van der Waals surface area contributed by atoms with Crippen LogP contribution >= 0.6 is 0 Å². The van der Waals surface area contributed by atoms with E-state index in [0.29, 0.717) is 19.4 Å². The minimum absolute atomic E-state index is 0.0339. The molecule has 0 bridgehead atoms. The van der Waals surface area contributed by atoms with Gasteiger partial charge in [-0.15, -0.1) is 0 Å². The van der Waals surface area contributed by atoms with Crippen molar-refractivity contribution in [1.82, 2.24) is 15.1 Å². The average Bonchev–Trinajstić information content (AvgIpc) is 3.04. The van der Waals surface area contributed by atoms with Gasteiger partial charge < -0.3 is 16.2 Å². The third kappa shape index (κ3) is 3.17. The van der Waals surface area contributed by atoms with Gasteiger partial charge >= 0.3 is 0 Å². The molecule has 1 heterocycles. The second-order valence-corrected chi connectivity index (χ2v) is 7.20. The van der Waals surface area contributed by atoms with Crippen molar-refractivity contribution < 1.29 is 9.90 Å². The van der Waals surface area contributed by atoms with E-state index >= 15 is 0 Å². The summed E-state index contributed by atoms with van der Waals surface area (Å²) < 4.78 is 2.05. The highest BCUT2D eigenvalue weighted by Crippen LogP contribution is 2.46. The van der Waals surface area contributed by atoms with Crippen molar-refractivity contribution in [1.29, 1.82) is 0 Å². The molecule has 2 aliphatic carbocycles. The summed E-state index contributed by atoms with van der Waals surface area (Å²) in [6, 6.07) is 1.82. The highest BCUT2D eigenvalue weighted by atomic mass is 16.3. The first-order valence-corrected chi connectivity index (χ1v) is 8.11. The van der Waals surface area contributed by atoms with E-state index in [4.69, 9.17) is 5.73 Å². The molecule has 4 N–H and O–H groups in total. The second-order valence-electron chi connectivity index (χ2n) is 7.20. The lowest BCUT2D eigenvalue weighted by atomic mass is 10.0. The van der Waals surface area contributed by atoms with Gasteiger partial charge in [-0.3, -0.25) is 9.48 Å². The lowest BCUT2D eigenvalue weighted by Crippen LogP contribution is -2.36. The molecule has 0 spiro atoms. The smallest absolute Gasteiger partial charge is 0.223 e. The van der Waals surface area contributed by atoms with Gasteiger partial charge in [0.2, 0.25) is 5.91 Å². The largest absolute Gasteiger partial charge is 0.391 e. The molecule has 0 radical (unpaired) electrons. The van der Waals surface area contributed by atoms with Crippen LogP contribution in [0.3, 0.4) is 0 Å². The summed E-state index contributed by atoms with van der Waals surface area (Å²) in [5, 5.41) is 17.3. The fourth-order valence-corrected chi connectivity index (χ4v) is 3.40. The standard InChI is InChI=1S/C16H26N4O2/c1-10-5-11(2)20(19-10)9-16(3-4-16)8-18-15(22)12-6-13(17)14(21)7-12/h5,12-14,21H,3-4,6-9,17H2,1-2H3,(H,18,22)/t12-,13-,14-/m0/s1. The Morgan fingerprint density at radius 1 is 1.50 bits per heavy atom. The number of hydrogen-bond donors (Lipinski definition) is 3. The first-order chi connectivity index (χ1) is 10.4. The Morgan fingerprint density at radius 3 is 2.73 bits per heavy atom. The number of aryl methyl sites for hydroxylation is 2. The summed E-state index contributed by atoms with van der Waals surface area (Å²) >= 11 is 0. The number of nitrogens with zero attached hydrogens (tertiary/aromatic N) is 2. The third-order valence-corrected chi connectivity index (χ3v) is 5.13. The lowest BCUT2D eigenvalue weighted by molar-refractivity contribution is -0.125. The Morgan fingerprint density at radius 2 is 2.23 bits per heavy atom. The zero-order chi connectivity index (χ0) is 15.9. The molecule has 0 aliphatic heterocycles. The number of nitrogens with two attached hydrogens (primary N) is 1. The average molecular weight is 306 g/mol. The fourth-order valence-electron chi connectivity index (χ4n) is 3.40. The summed E-state index contributed by atoms with van der Waals surface area (Å²) in [6.45, 7) is 5.61. The van der Waals surface area contributed by atoms with Crippen molar-refractivity contribution in [2.45, 2.75) is 58.2 Å². The SMILES string of the molecule is Cc1cc(C)n(CC2(CNC(=O)[C@H]3C[C@H](N)[C@@H](O)C3)CC2)n1. The molecule has 2 saturated carbocycles. The summed E-state index contributed by atoms with van der Waals surface area (Å²) in [7, 11) is 0. The Bertz CT molecular complexity index is 554. The number of carbonyl (C=O) groups excluding carboxylic acids is 1. The fraction of sp³-hybridized carbons (Fsp3) is 0.750. The number of hydrogen-bond acceptors (Lipinski definition) is 4. The molecule has 1 aromatic heterocycles. The van der Waals surface area contributed by atoms with Crippen molar-refractivity contribution in [3.8, 4) is 0 Å². The van der Waals surface area contributed by atoms with Crippen LogP contribution in [0, 0.1) is 25.2 Å². The molecule has 3 rings (SSSR count). The molecule has 1 amide bonds. The van der Waals surface area contributed by atoms with Crippen LogP contribution in [0.25, 0.3) is 0 Å². The highest BCUT2D eigenvalue weighted by Gasteiger charge is 2.44. The van der Waals surface area contributed by atoms with Crippen LogP contribution < -0.4 is 11.1 Å². The Kier molecular flexibility index (Phi) is 3.99. The molecule has 22 heavy (non-hydrogen) atoms. The predicted octanol–water partition coefficient (Wildman–Crippen LogP) is 0.495. The van der Waals surface area contributed by atoms with E-state index in [1.54, 1.807) is 0 Å². The molecular weight excluding hydrogens is 280 g/mol. The van der Waals surface area contributed by atoms with Gasteiger partial charge in [0.05, 0.1) is 11.8 Å². The van der Waals surface area contributed by atoms with Gasteiger partial charge in [-0.25, -0.2) is 0 Å². The number of amides is 1. The molecule has 6 nitrogen and oxygen atoms in total. The molecule has 1 aromatic rings. The van der Waals surface area contributed by atoms with E-state index < -0.39 is 6.10 Å². The Labute approximate surface area is 131 Å². The highest BCUT2D eigenvalue weighted by molar-refractivity contribution is 5.79. The number of rotatable bonds is 5. The van der Waals surface area contributed by atoms with Crippen LogP contribution in [-0.4, -0.2) is 39.5 Å². The van der Waals surface area contributed by atoms with E-state index in [9.17, 15) is 9.90 Å². The van der Waals surface area contributed by atoms with Crippen LogP contribution in [-0.2, 0) is 11.3 Å². The summed E-state index contributed by atoms with van der Waals surface area (Å²) in [4.78, 5) is 12.2. The van der Waals surface area contributed by atoms with Gasteiger partial charge in [0.25, 0.3) is 0 Å². The number of aromatic nitrogens is 2. The number of aliphatic hydroxyl groups excluding tert-OH is 1. The second kappa shape index (κ2) is 5.66. The molecule has 3 atom stereocenters. The van der Waals surface area contributed by atoms with Gasteiger partial charge in [-0.2, -0.15) is 5.10 Å². The quantitative estimate of drug-likeness (QED) is 0.738. The maximum absolute atomic E-state index is 12.2. The summed E-state index contributed by atoms with van der Waals surface area (Å²) in [5.74, 6) is -0.110. The van der Waals surface area contributed by atoms with Gasteiger partial charge in [0.1, 0.15) is 0 Å². The van der Waals surface area contributed by atoms with E-state index in [0.717, 1.165) is 25.1 Å². The van der Waals surface area contributed by atoms with Crippen LogP contribution in [0.2, 0.25) is 0 Å². The maximum Gasteiger partial charge on any atom is 0.223 e. The molecular formula is C16H26N4O2. The Balaban J connectivity index is 1.53. The van der Waals surface area contributed by atoms with Crippen LogP contribution in [0.15, 0.2) is 6.07 Å². The van der Waals surface area contributed by atoms with Crippen LogP contribution in [0.4, 0.5) is 0 Å². The number of nitrogens with one attached hydrogen (secondary N) is 1. The van der Waals surface area contributed by atoms with Crippen LogP contribution in [0.5, 0.6) is 0 Å². The van der Waals surface area contributed by atoms with E-state index in [1.807, 2.05) is 11.6 Å². The molecule has 6 heteroatoms. The maximum atomic E-state index is 12.2. The summed E-state index contributed by atoms with van der Waals surface area (Å²) in [5.41, 5.74) is 8.13. The van der Waals surface area contributed by atoms with E-state index in [1.165, 1.54) is 5.69 Å². The van der Waals surface area contributed by atoms with Crippen molar-refractivity contribution in [2.24, 2.45) is 17.1 Å². The van der Waals surface area contributed by atoms with Gasteiger partial charge in [0, 0.05) is 36.2 Å². The topological polar surface area (TPSA) is 93.2 Å². The Hall–Kier alpha value is -1.40. The third-order valence-electron chi connectivity index (χ3n) is 5.13. The monoisotopic (exact) mass is 306 g/mol. The molecule has 2 aliphatic rings. The minimum Gasteiger partial charge on any atom is -0.391 e. The first kappa shape index (κ1) is 15.5. The van der Waals surface area contributed by atoms with Crippen LogP contribution in [0.1, 0.15) is 37.1 Å². The molecule has 0 aromatic carbocycles. The van der Waals surface area contributed by atoms with Gasteiger partial charge in [-0.05, 0) is 45.6 Å². The zero-order valence-corrected chi connectivity index (χ0v) is 13.4. The first-order valence-electron chi connectivity index (χ1n) is 8.11. The predicted molar refractivity (Wildman–Crippen MR) is 83.1 cm³/mol.